The molecule has 1 atom stereocenters. The first kappa shape index (κ1) is 27.4. The Morgan fingerprint density at radius 1 is 1.03 bits per heavy atom. The van der Waals surface area contributed by atoms with Crippen molar-refractivity contribution in [1.82, 2.24) is 9.80 Å². The highest BCUT2D eigenvalue weighted by Gasteiger charge is 2.27. The number of carbonyl (C=O) groups is 2. The number of furan rings is 1. The quantitative estimate of drug-likeness (QED) is 0.269. The summed E-state index contributed by atoms with van der Waals surface area (Å²) in [4.78, 5) is 29.7. The molecule has 1 saturated heterocycles. The first-order chi connectivity index (χ1) is 16.0. The maximum atomic E-state index is 13.2. The van der Waals surface area contributed by atoms with E-state index in [4.69, 9.17) is 9.15 Å². The van der Waals surface area contributed by atoms with Crippen LogP contribution in [0, 0.1) is 0 Å². The number of hydrogen-bond donors (Lipinski definition) is 0. The first-order valence-corrected chi connectivity index (χ1v) is 13.2. The summed E-state index contributed by atoms with van der Waals surface area (Å²) < 4.78 is 11.2. The van der Waals surface area contributed by atoms with E-state index < -0.39 is 0 Å². The van der Waals surface area contributed by atoms with Crippen LogP contribution in [0.15, 0.2) is 22.8 Å². The van der Waals surface area contributed by atoms with Crippen LogP contribution in [-0.2, 0) is 20.9 Å². The third-order valence-corrected chi connectivity index (χ3v) is 6.47. The highest BCUT2D eigenvalue weighted by molar-refractivity contribution is 5.85. The van der Waals surface area contributed by atoms with Crippen molar-refractivity contribution in [2.24, 2.45) is 0 Å². The minimum Gasteiger partial charge on any atom is -0.467 e. The average molecular weight is 463 g/mol. The van der Waals surface area contributed by atoms with Crippen molar-refractivity contribution < 1.29 is 18.7 Å². The van der Waals surface area contributed by atoms with Crippen LogP contribution in [0.4, 0.5) is 0 Å². The lowest BCUT2D eigenvalue weighted by Gasteiger charge is -2.31. The van der Waals surface area contributed by atoms with E-state index in [-0.39, 0.29) is 30.5 Å². The van der Waals surface area contributed by atoms with Gasteiger partial charge in [0.1, 0.15) is 5.76 Å². The van der Waals surface area contributed by atoms with E-state index >= 15 is 0 Å². The number of unbranched alkanes of at least 4 members (excludes halogenated alkanes) is 8. The fraction of sp³-hybridized carbons (Fsp3) is 0.778. The molecule has 0 bridgehead atoms. The molecule has 33 heavy (non-hydrogen) atoms. The van der Waals surface area contributed by atoms with Crippen LogP contribution < -0.4 is 0 Å². The third kappa shape index (κ3) is 10.8. The SMILES string of the molecule is CCCCCCCCCCCC(=O)N(CC(=O)N(Cc1ccco1)CC1CCCO1)C(C)C. The van der Waals surface area contributed by atoms with Crippen LogP contribution in [0.25, 0.3) is 0 Å². The Morgan fingerprint density at radius 2 is 1.73 bits per heavy atom. The van der Waals surface area contributed by atoms with E-state index in [0.717, 1.165) is 38.1 Å². The molecule has 1 aromatic rings. The van der Waals surface area contributed by atoms with E-state index in [2.05, 4.69) is 6.92 Å². The molecule has 2 amide bonds. The van der Waals surface area contributed by atoms with Gasteiger partial charge in [0.15, 0.2) is 0 Å². The largest absolute Gasteiger partial charge is 0.467 e. The molecule has 0 aromatic carbocycles. The van der Waals surface area contributed by atoms with Gasteiger partial charge in [-0.25, -0.2) is 0 Å². The maximum Gasteiger partial charge on any atom is 0.242 e. The van der Waals surface area contributed by atoms with Crippen LogP contribution in [0.3, 0.4) is 0 Å². The number of nitrogens with zero attached hydrogens (tertiary/aromatic N) is 2. The molecular weight excluding hydrogens is 416 g/mol. The molecule has 188 valence electrons. The Labute approximate surface area is 201 Å². The lowest BCUT2D eigenvalue weighted by molar-refractivity contribution is -0.143. The lowest BCUT2D eigenvalue weighted by atomic mass is 10.1. The average Bonchev–Trinajstić information content (AvgIpc) is 3.49. The van der Waals surface area contributed by atoms with Crippen molar-refractivity contribution in [3.05, 3.63) is 24.2 Å². The van der Waals surface area contributed by atoms with Crippen molar-refractivity contribution in [2.75, 3.05) is 19.7 Å². The summed E-state index contributed by atoms with van der Waals surface area (Å²) in [7, 11) is 0. The summed E-state index contributed by atoms with van der Waals surface area (Å²) >= 11 is 0. The standard InChI is InChI=1S/C27H46N2O4/c1-4-5-6-7-8-9-10-11-12-17-26(30)29(23(2)3)22-27(31)28(20-24-15-13-18-32-24)21-25-16-14-19-33-25/h13,15,18,23,25H,4-12,14,16-17,19-22H2,1-3H3. The molecule has 6 nitrogen and oxygen atoms in total. The summed E-state index contributed by atoms with van der Waals surface area (Å²) in [5.41, 5.74) is 0. The Morgan fingerprint density at radius 3 is 2.30 bits per heavy atom. The normalized spacial score (nSPS) is 15.8. The zero-order valence-electron chi connectivity index (χ0n) is 21.2. The van der Waals surface area contributed by atoms with E-state index in [1.165, 1.54) is 44.9 Å². The predicted molar refractivity (Wildman–Crippen MR) is 132 cm³/mol. The zero-order valence-corrected chi connectivity index (χ0v) is 21.2. The number of amides is 2. The van der Waals surface area contributed by atoms with Crippen molar-refractivity contribution in [3.63, 3.8) is 0 Å². The van der Waals surface area contributed by atoms with Gasteiger partial charge in [-0.05, 0) is 45.2 Å². The molecule has 0 saturated carbocycles. The van der Waals surface area contributed by atoms with E-state index in [1.807, 2.05) is 26.0 Å². The molecule has 0 spiro atoms. The van der Waals surface area contributed by atoms with Crippen molar-refractivity contribution in [3.8, 4) is 0 Å². The molecule has 1 fully saturated rings. The molecule has 1 aliphatic heterocycles. The van der Waals surface area contributed by atoms with Crippen LogP contribution in [0.1, 0.15) is 104 Å². The molecule has 0 aliphatic carbocycles. The van der Waals surface area contributed by atoms with Crippen LogP contribution >= 0.6 is 0 Å². The Hall–Kier alpha value is -1.82. The molecule has 2 rings (SSSR count). The van der Waals surface area contributed by atoms with E-state index in [9.17, 15) is 9.59 Å². The summed E-state index contributed by atoms with van der Waals surface area (Å²) in [6.45, 7) is 8.02. The molecule has 0 N–H and O–H groups in total. The van der Waals surface area contributed by atoms with Gasteiger partial charge in [-0.15, -0.1) is 0 Å². The van der Waals surface area contributed by atoms with Gasteiger partial charge in [-0.3, -0.25) is 9.59 Å². The molecular formula is C27H46N2O4. The summed E-state index contributed by atoms with van der Waals surface area (Å²) in [6, 6.07) is 3.71. The lowest BCUT2D eigenvalue weighted by Crippen LogP contribution is -2.47. The summed E-state index contributed by atoms with van der Waals surface area (Å²) in [5, 5.41) is 0. The van der Waals surface area contributed by atoms with Gasteiger partial charge in [-0.1, -0.05) is 58.3 Å². The maximum absolute atomic E-state index is 13.2. The number of hydrogen-bond acceptors (Lipinski definition) is 4. The van der Waals surface area contributed by atoms with Gasteiger partial charge in [-0.2, -0.15) is 0 Å². The van der Waals surface area contributed by atoms with Gasteiger partial charge >= 0.3 is 0 Å². The smallest absolute Gasteiger partial charge is 0.242 e. The van der Waals surface area contributed by atoms with Gasteiger partial charge in [0.2, 0.25) is 11.8 Å². The minimum atomic E-state index is -0.0453. The van der Waals surface area contributed by atoms with Gasteiger partial charge in [0.25, 0.3) is 0 Å². The highest BCUT2D eigenvalue weighted by Crippen LogP contribution is 2.17. The number of ether oxygens (including phenoxy) is 1. The van der Waals surface area contributed by atoms with Gasteiger partial charge < -0.3 is 19.0 Å². The van der Waals surface area contributed by atoms with Crippen LogP contribution in [0.5, 0.6) is 0 Å². The number of carbonyl (C=O) groups excluding carboxylic acids is 2. The number of rotatable bonds is 17. The second-order valence-electron chi connectivity index (χ2n) is 9.68. The molecule has 2 heterocycles. The Bertz CT molecular complexity index is 653. The predicted octanol–water partition coefficient (Wildman–Crippen LogP) is 5.95. The highest BCUT2D eigenvalue weighted by atomic mass is 16.5. The van der Waals surface area contributed by atoms with Crippen molar-refractivity contribution in [2.45, 2.75) is 117 Å². The van der Waals surface area contributed by atoms with Crippen molar-refractivity contribution in [1.29, 1.82) is 0 Å². The third-order valence-electron chi connectivity index (χ3n) is 6.47. The summed E-state index contributed by atoms with van der Waals surface area (Å²) in [6.07, 6.45) is 15.2. The Kier molecular flexibility index (Phi) is 13.2. The molecule has 6 heteroatoms. The summed E-state index contributed by atoms with van der Waals surface area (Å²) in [5.74, 6) is 0.783. The van der Waals surface area contributed by atoms with Crippen LogP contribution in [-0.4, -0.2) is 53.5 Å². The topological polar surface area (TPSA) is 63.0 Å². The van der Waals surface area contributed by atoms with Crippen LogP contribution in [0.2, 0.25) is 0 Å². The van der Waals surface area contributed by atoms with E-state index in [1.54, 1.807) is 16.1 Å². The molecule has 1 unspecified atom stereocenters. The zero-order chi connectivity index (χ0) is 23.9. The molecule has 0 radical (unpaired) electrons. The monoisotopic (exact) mass is 462 g/mol. The fourth-order valence-electron chi connectivity index (χ4n) is 4.41. The van der Waals surface area contributed by atoms with Crippen molar-refractivity contribution >= 4 is 11.8 Å². The first-order valence-electron chi connectivity index (χ1n) is 13.2. The fourth-order valence-corrected chi connectivity index (χ4v) is 4.41. The molecule has 1 aromatic heterocycles. The van der Waals surface area contributed by atoms with Gasteiger partial charge in [0, 0.05) is 25.6 Å². The van der Waals surface area contributed by atoms with Gasteiger partial charge in [0.05, 0.1) is 25.5 Å². The minimum absolute atomic E-state index is 0.00629. The van der Waals surface area contributed by atoms with E-state index in [0.29, 0.717) is 19.5 Å². The second-order valence-corrected chi connectivity index (χ2v) is 9.68. The Balaban J connectivity index is 1.79. The second kappa shape index (κ2) is 15.9. The molecule has 1 aliphatic rings.